The number of methoxy groups -OCH3 is 1. The van der Waals surface area contributed by atoms with Crippen LogP contribution in [0, 0.1) is 0 Å². The van der Waals surface area contributed by atoms with E-state index in [9.17, 15) is 18.4 Å². The van der Waals surface area contributed by atoms with Crippen LogP contribution in [0.4, 0.5) is 8.78 Å². The van der Waals surface area contributed by atoms with E-state index in [1.807, 2.05) is 0 Å². The first-order chi connectivity index (χ1) is 10.5. The van der Waals surface area contributed by atoms with Gasteiger partial charge in [-0.3, -0.25) is 9.59 Å². The summed E-state index contributed by atoms with van der Waals surface area (Å²) in [5, 5.41) is 5.26. The molecule has 1 heterocycles. The monoisotopic (exact) mass is 314 g/mol. The summed E-state index contributed by atoms with van der Waals surface area (Å²) in [6.45, 7) is -2.39. The molecule has 0 unspecified atom stereocenters. The average Bonchev–Trinajstić information content (AvgIpc) is 2.49. The smallest absolute Gasteiger partial charge is 0.387 e. The van der Waals surface area contributed by atoms with Crippen LogP contribution in [-0.2, 0) is 4.79 Å². The molecule has 1 atom stereocenters. The number of halogens is 2. The molecule has 0 spiro atoms. The molecule has 0 aliphatic carbocycles. The molecule has 0 radical (unpaired) electrons. The van der Waals surface area contributed by atoms with E-state index in [0.29, 0.717) is 13.0 Å². The molecule has 2 N–H and O–H groups in total. The van der Waals surface area contributed by atoms with Crippen LogP contribution in [0.25, 0.3) is 0 Å². The minimum absolute atomic E-state index is 0.0149. The van der Waals surface area contributed by atoms with Crippen LogP contribution >= 0.6 is 0 Å². The summed E-state index contributed by atoms with van der Waals surface area (Å²) in [6.07, 6.45) is 1.34. The van der Waals surface area contributed by atoms with Gasteiger partial charge >= 0.3 is 6.61 Å². The molecule has 1 aromatic rings. The molecule has 22 heavy (non-hydrogen) atoms. The van der Waals surface area contributed by atoms with Crippen molar-refractivity contribution in [3.05, 3.63) is 23.8 Å². The topological polar surface area (TPSA) is 76.7 Å². The average molecular weight is 314 g/mol. The lowest BCUT2D eigenvalue weighted by Crippen LogP contribution is -2.50. The molecule has 1 aromatic carbocycles. The van der Waals surface area contributed by atoms with E-state index in [0.717, 1.165) is 6.42 Å². The summed E-state index contributed by atoms with van der Waals surface area (Å²) in [5.41, 5.74) is 0.192. The Balaban J connectivity index is 2.10. The molecule has 8 heteroatoms. The van der Waals surface area contributed by atoms with E-state index < -0.39 is 18.6 Å². The zero-order valence-electron chi connectivity index (χ0n) is 11.9. The van der Waals surface area contributed by atoms with Gasteiger partial charge in [-0.25, -0.2) is 0 Å². The summed E-state index contributed by atoms with van der Waals surface area (Å²) in [5.74, 6) is -0.862. The largest absolute Gasteiger partial charge is 0.493 e. The number of carbonyl (C=O) groups excluding carboxylic acids is 2. The molecule has 120 valence electrons. The molecule has 2 amide bonds. The number of rotatable bonds is 5. The number of nitrogens with one attached hydrogen (secondary N) is 2. The highest BCUT2D eigenvalue weighted by atomic mass is 19.3. The third-order valence-electron chi connectivity index (χ3n) is 3.23. The number of hydrogen-bond donors (Lipinski definition) is 2. The number of piperidine rings is 1. The Labute approximate surface area is 125 Å². The standard InChI is InChI=1S/C14H16F2N2O4/c1-21-11-7-8(4-5-10(11)22-14(15)16)12(19)18-9-3-2-6-17-13(9)20/h4-5,7,9,14H,2-3,6H2,1H3,(H,17,20)(H,18,19)/t9-/m0/s1. The fourth-order valence-electron chi connectivity index (χ4n) is 2.15. The van der Waals surface area contributed by atoms with Gasteiger partial charge in [0.2, 0.25) is 5.91 Å². The van der Waals surface area contributed by atoms with Crippen LogP contribution in [0.1, 0.15) is 23.2 Å². The van der Waals surface area contributed by atoms with Crippen molar-refractivity contribution in [1.82, 2.24) is 10.6 Å². The highest BCUT2D eigenvalue weighted by Gasteiger charge is 2.24. The second-order valence-electron chi connectivity index (χ2n) is 4.70. The molecule has 6 nitrogen and oxygen atoms in total. The van der Waals surface area contributed by atoms with Gasteiger partial charge in [0.05, 0.1) is 7.11 Å². The maximum absolute atomic E-state index is 12.2. The highest BCUT2D eigenvalue weighted by Crippen LogP contribution is 2.29. The minimum atomic E-state index is -2.99. The number of amides is 2. The third-order valence-corrected chi connectivity index (χ3v) is 3.23. The second-order valence-corrected chi connectivity index (χ2v) is 4.70. The lowest BCUT2D eigenvalue weighted by molar-refractivity contribution is -0.124. The molecular formula is C14H16F2N2O4. The van der Waals surface area contributed by atoms with Gasteiger partial charge in [-0.05, 0) is 31.0 Å². The van der Waals surface area contributed by atoms with E-state index in [4.69, 9.17) is 4.74 Å². The van der Waals surface area contributed by atoms with Gasteiger partial charge in [-0.15, -0.1) is 0 Å². The first-order valence-electron chi connectivity index (χ1n) is 6.72. The number of carbonyl (C=O) groups is 2. The van der Waals surface area contributed by atoms with Crippen LogP contribution in [-0.4, -0.2) is 38.1 Å². The van der Waals surface area contributed by atoms with Crippen LogP contribution in [0.15, 0.2) is 18.2 Å². The van der Waals surface area contributed by atoms with Crippen molar-refractivity contribution in [2.75, 3.05) is 13.7 Å². The predicted octanol–water partition coefficient (Wildman–Crippen LogP) is 1.30. The summed E-state index contributed by atoms with van der Waals surface area (Å²) in [4.78, 5) is 23.7. The molecule has 0 aromatic heterocycles. The van der Waals surface area contributed by atoms with Crippen molar-refractivity contribution in [3.8, 4) is 11.5 Å². The summed E-state index contributed by atoms with van der Waals surface area (Å²) >= 11 is 0. The van der Waals surface area contributed by atoms with E-state index in [1.54, 1.807) is 0 Å². The van der Waals surface area contributed by atoms with Gasteiger partial charge in [-0.1, -0.05) is 0 Å². The number of alkyl halides is 2. The Morgan fingerprint density at radius 2 is 2.18 bits per heavy atom. The van der Waals surface area contributed by atoms with E-state index in [2.05, 4.69) is 15.4 Å². The molecule has 2 rings (SSSR count). The first kappa shape index (κ1) is 16.0. The number of ether oxygens (including phenoxy) is 2. The molecule has 1 saturated heterocycles. The fourth-order valence-corrected chi connectivity index (χ4v) is 2.15. The lowest BCUT2D eigenvalue weighted by Gasteiger charge is -2.22. The predicted molar refractivity (Wildman–Crippen MR) is 73.1 cm³/mol. The van der Waals surface area contributed by atoms with Gasteiger partial charge < -0.3 is 20.1 Å². The molecule has 1 fully saturated rings. The molecule has 0 saturated carbocycles. The second kappa shape index (κ2) is 7.06. The van der Waals surface area contributed by atoms with E-state index >= 15 is 0 Å². The minimum Gasteiger partial charge on any atom is -0.493 e. The highest BCUT2D eigenvalue weighted by molar-refractivity contribution is 5.98. The number of benzene rings is 1. The Hall–Kier alpha value is -2.38. The Morgan fingerprint density at radius 3 is 2.82 bits per heavy atom. The van der Waals surface area contributed by atoms with Crippen LogP contribution in [0.3, 0.4) is 0 Å². The van der Waals surface area contributed by atoms with Crippen LogP contribution in [0.5, 0.6) is 11.5 Å². The van der Waals surface area contributed by atoms with E-state index in [1.165, 1.54) is 25.3 Å². The van der Waals surface area contributed by atoms with Gasteiger partial charge in [0, 0.05) is 12.1 Å². The third kappa shape index (κ3) is 3.84. The zero-order chi connectivity index (χ0) is 16.1. The van der Waals surface area contributed by atoms with E-state index in [-0.39, 0.29) is 23.0 Å². The molecule has 0 bridgehead atoms. The maximum Gasteiger partial charge on any atom is 0.387 e. The van der Waals surface area contributed by atoms with Gasteiger partial charge in [0.1, 0.15) is 6.04 Å². The van der Waals surface area contributed by atoms with Crippen molar-refractivity contribution < 1.29 is 27.8 Å². The summed E-state index contributed by atoms with van der Waals surface area (Å²) < 4.78 is 33.7. The molecule has 1 aliphatic heterocycles. The Kier molecular flexibility index (Phi) is 5.13. The Morgan fingerprint density at radius 1 is 1.41 bits per heavy atom. The van der Waals surface area contributed by atoms with Crippen LogP contribution in [0.2, 0.25) is 0 Å². The van der Waals surface area contributed by atoms with Gasteiger partial charge in [0.15, 0.2) is 11.5 Å². The van der Waals surface area contributed by atoms with Crippen molar-refractivity contribution in [2.24, 2.45) is 0 Å². The van der Waals surface area contributed by atoms with Crippen molar-refractivity contribution in [2.45, 2.75) is 25.5 Å². The molecular weight excluding hydrogens is 298 g/mol. The lowest BCUT2D eigenvalue weighted by atomic mass is 10.1. The Bertz CT molecular complexity index is 566. The van der Waals surface area contributed by atoms with Gasteiger partial charge in [-0.2, -0.15) is 8.78 Å². The summed E-state index contributed by atoms with van der Waals surface area (Å²) in [6, 6.07) is 3.24. The van der Waals surface area contributed by atoms with Crippen molar-refractivity contribution in [1.29, 1.82) is 0 Å². The first-order valence-corrected chi connectivity index (χ1v) is 6.72. The quantitative estimate of drug-likeness (QED) is 0.859. The number of hydrogen-bond acceptors (Lipinski definition) is 4. The maximum atomic E-state index is 12.2. The fraction of sp³-hybridized carbons (Fsp3) is 0.429. The normalized spacial score (nSPS) is 17.8. The zero-order valence-corrected chi connectivity index (χ0v) is 11.9. The van der Waals surface area contributed by atoms with Crippen molar-refractivity contribution >= 4 is 11.8 Å². The SMILES string of the molecule is COc1cc(C(=O)N[C@H]2CCCNC2=O)ccc1OC(F)F. The molecule has 1 aliphatic rings. The van der Waals surface area contributed by atoms with Crippen molar-refractivity contribution in [3.63, 3.8) is 0 Å². The summed E-state index contributed by atoms with van der Waals surface area (Å²) in [7, 11) is 1.28. The van der Waals surface area contributed by atoms with Gasteiger partial charge in [0.25, 0.3) is 5.91 Å². The van der Waals surface area contributed by atoms with Crippen LogP contribution < -0.4 is 20.1 Å².